The molecule has 1 saturated heterocycles. The number of carbonyl (C=O) groups is 1. The standard InChI is InChI=1S/C26H34N6O2/c1-2-10-21-28-24(22-23(30-34-25(22)29-21)19-11-5-3-6-12-19)31-15-9-16-32(18-17-31)26(33)27-20-13-7-4-8-14-20/h3,5-6,11-12,20H,2,4,7-10,13-18H2,1H3,(H,27,33). The number of carbonyl (C=O) groups excluding carboxylic acids is 1. The van der Waals surface area contributed by atoms with Gasteiger partial charge in [-0.3, -0.25) is 0 Å². The fourth-order valence-corrected chi connectivity index (χ4v) is 5.08. The number of anilines is 1. The monoisotopic (exact) mass is 462 g/mol. The molecule has 3 aromatic rings. The Hall–Kier alpha value is -3.16. The van der Waals surface area contributed by atoms with Crippen molar-refractivity contribution in [3.05, 3.63) is 36.2 Å². The second-order valence-corrected chi connectivity index (χ2v) is 9.40. The maximum atomic E-state index is 13.0. The van der Waals surface area contributed by atoms with E-state index in [9.17, 15) is 4.79 Å². The van der Waals surface area contributed by atoms with Crippen LogP contribution in [0.5, 0.6) is 0 Å². The highest BCUT2D eigenvalue weighted by Gasteiger charge is 2.26. The third kappa shape index (κ3) is 4.86. The van der Waals surface area contributed by atoms with Crippen LogP contribution in [0.1, 0.15) is 57.7 Å². The maximum absolute atomic E-state index is 13.0. The van der Waals surface area contributed by atoms with E-state index in [1.807, 2.05) is 35.2 Å². The summed E-state index contributed by atoms with van der Waals surface area (Å²) in [5.41, 5.74) is 2.28. The Bertz CT molecular complexity index is 1110. The molecule has 1 aromatic carbocycles. The Morgan fingerprint density at radius 1 is 1.03 bits per heavy atom. The van der Waals surface area contributed by atoms with Crippen molar-refractivity contribution in [1.29, 1.82) is 0 Å². The van der Waals surface area contributed by atoms with Crippen molar-refractivity contribution in [3.8, 4) is 11.3 Å². The Morgan fingerprint density at radius 3 is 2.65 bits per heavy atom. The lowest BCUT2D eigenvalue weighted by Crippen LogP contribution is -2.46. The lowest BCUT2D eigenvalue weighted by molar-refractivity contribution is 0.193. The average molecular weight is 463 g/mol. The first-order valence-corrected chi connectivity index (χ1v) is 12.7. The van der Waals surface area contributed by atoms with Crippen LogP contribution < -0.4 is 10.2 Å². The van der Waals surface area contributed by atoms with Crippen LogP contribution in [-0.2, 0) is 6.42 Å². The van der Waals surface area contributed by atoms with Gasteiger partial charge in [0.1, 0.15) is 22.7 Å². The highest BCUT2D eigenvalue weighted by molar-refractivity contribution is 5.98. The molecule has 0 radical (unpaired) electrons. The topological polar surface area (TPSA) is 87.4 Å². The first-order chi connectivity index (χ1) is 16.7. The van der Waals surface area contributed by atoms with Crippen molar-refractivity contribution < 1.29 is 9.32 Å². The molecule has 2 aromatic heterocycles. The molecule has 5 rings (SSSR count). The molecule has 0 unspecified atom stereocenters. The van der Waals surface area contributed by atoms with Crippen LogP contribution in [0, 0.1) is 0 Å². The van der Waals surface area contributed by atoms with Gasteiger partial charge in [-0.25, -0.2) is 9.78 Å². The highest BCUT2D eigenvalue weighted by atomic mass is 16.5. The first kappa shape index (κ1) is 22.6. The van der Waals surface area contributed by atoms with Crippen LogP contribution in [0.15, 0.2) is 34.9 Å². The summed E-state index contributed by atoms with van der Waals surface area (Å²) in [6.07, 6.45) is 8.54. The summed E-state index contributed by atoms with van der Waals surface area (Å²) in [6.45, 7) is 5.08. The number of aryl methyl sites for hydroxylation is 1. The van der Waals surface area contributed by atoms with Gasteiger partial charge >= 0.3 is 6.03 Å². The fraction of sp³-hybridized carbons (Fsp3) is 0.538. The second kappa shape index (κ2) is 10.4. The largest absolute Gasteiger partial charge is 0.354 e. The molecule has 0 spiro atoms. The van der Waals surface area contributed by atoms with E-state index < -0.39 is 0 Å². The maximum Gasteiger partial charge on any atom is 0.317 e. The van der Waals surface area contributed by atoms with Gasteiger partial charge < -0.3 is 19.6 Å². The first-order valence-electron chi connectivity index (χ1n) is 12.7. The summed E-state index contributed by atoms with van der Waals surface area (Å²) < 4.78 is 5.69. The number of rotatable bonds is 5. The minimum atomic E-state index is 0.0724. The molecule has 1 aliphatic carbocycles. The van der Waals surface area contributed by atoms with Crippen molar-refractivity contribution in [2.45, 2.75) is 64.3 Å². The zero-order valence-corrected chi connectivity index (χ0v) is 20.0. The molecule has 34 heavy (non-hydrogen) atoms. The number of amides is 2. The van der Waals surface area contributed by atoms with Crippen LogP contribution in [-0.4, -0.2) is 58.3 Å². The Kier molecular flexibility index (Phi) is 6.92. The normalized spacial score (nSPS) is 17.7. The molecule has 2 fully saturated rings. The van der Waals surface area contributed by atoms with Gasteiger partial charge in [0.15, 0.2) is 0 Å². The minimum absolute atomic E-state index is 0.0724. The van der Waals surface area contributed by atoms with Gasteiger partial charge in [-0.05, 0) is 25.7 Å². The molecule has 1 saturated carbocycles. The quantitative estimate of drug-likeness (QED) is 0.586. The number of fused-ring (bicyclic) bond motifs is 1. The molecule has 2 amide bonds. The Morgan fingerprint density at radius 2 is 1.85 bits per heavy atom. The third-order valence-electron chi connectivity index (χ3n) is 6.90. The zero-order valence-electron chi connectivity index (χ0n) is 20.0. The van der Waals surface area contributed by atoms with Crippen molar-refractivity contribution in [3.63, 3.8) is 0 Å². The number of urea groups is 1. The molecule has 1 N–H and O–H groups in total. The lowest BCUT2D eigenvalue weighted by atomic mass is 9.96. The van der Waals surface area contributed by atoms with E-state index in [0.717, 1.165) is 80.0 Å². The van der Waals surface area contributed by atoms with Crippen LogP contribution in [0.3, 0.4) is 0 Å². The number of hydrogen-bond donors (Lipinski definition) is 1. The predicted molar refractivity (Wildman–Crippen MR) is 133 cm³/mol. The van der Waals surface area contributed by atoms with Gasteiger partial charge in [-0.15, -0.1) is 0 Å². The molecule has 0 atom stereocenters. The van der Waals surface area contributed by atoms with Gasteiger partial charge in [0.2, 0.25) is 0 Å². The molecule has 2 aliphatic rings. The summed E-state index contributed by atoms with van der Waals surface area (Å²) in [4.78, 5) is 26.8. The molecule has 8 heteroatoms. The van der Waals surface area contributed by atoms with E-state index in [1.165, 1.54) is 19.3 Å². The SMILES string of the molecule is CCCc1nc(N2CCCN(C(=O)NC3CCCCC3)CC2)c2c(-c3ccccc3)noc2n1. The molecule has 8 nitrogen and oxygen atoms in total. The summed E-state index contributed by atoms with van der Waals surface area (Å²) in [6, 6.07) is 10.4. The van der Waals surface area contributed by atoms with E-state index in [2.05, 4.69) is 27.3 Å². The molecule has 1 aliphatic heterocycles. The van der Waals surface area contributed by atoms with Crippen molar-refractivity contribution in [2.24, 2.45) is 0 Å². The minimum Gasteiger partial charge on any atom is -0.354 e. The van der Waals surface area contributed by atoms with E-state index >= 15 is 0 Å². The molecule has 0 bridgehead atoms. The van der Waals surface area contributed by atoms with E-state index in [1.54, 1.807) is 0 Å². The number of hydrogen-bond acceptors (Lipinski definition) is 6. The van der Waals surface area contributed by atoms with Crippen LogP contribution in [0.25, 0.3) is 22.4 Å². The van der Waals surface area contributed by atoms with Gasteiger partial charge in [-0.1, -0.05) is 61.7 Å². The third-order valence-corrected chi connectivity index (χ3v) is 6.90. The van der Waals surface area contributed by atoms with Crippen LogP contribution in [0.4, 0.5) is 10.6 Å². The number of nitrogens with zero attached hydrogens (tertiary/aromatic N) is 5. The van der Waals surface area contributed by atoms with E-state index in [4.69, 9.17) is 9.51 Å². The van der Waals surface area contributed by atoms with Crippen molar-refractivity contribution >= 4 is 22.9 Å². The highest BCUT2D eigenvalue weighted by Crippen LogP contribution is 2.34. The van der Waals surface area contributed by atoms with Gasteiger partial charge in [0.05, 0.1) is 0 Å². The average Bonchev–Trinajstić information content (AvgIpc) is 3.13. The Balaban J connectivity index is 1.40. The number of nitrogens with one attached hydrogen (secondary N) is 1. The predicted octanol–water partition coefficient (Wildman–Crippen LogP) is 4.79. The van der Waals surface area contributed by atoms with Gasteiger partial charge in [0.25, 0.3) is 5.71 Å². The summed E-state index contributed by atoms with van der Waals surface area (Å²) >= 11 is 0. The number of aromatic nitrogens is 3. The van der Waals surface area contributed by atoms with Crippen molar-refractivity contribution in [1.82, 2.24) is 25.3 Å². The van der Waals surface area contributed by atoms with E-state index in [-0.39, 0.29) is 6.03 Å². The second-order valence-electron chi connectivity index (χ2n) is 9.40. The number of benzene rings is 1. The van der Waals surface area contributed by atoms with E-state index in [0.29, 0.717) is 18.3 Å². The smallest absolute Gasteiger partial charge is 0.317 e. The van der Waals surface area contributed by atoms with Crippen LogP contribution in [0.2, 0.25) is 0 Å². The Labute approximate surface area is 200 Å². The van der Waals surface area contributed by atoms with Gasteiger partial charge in [0, 0.05) is 44.2 Å². The summed E-state index contributed by atoms with van der Waals surface area (Å²) in [7, 11) is 0. The lowest BCUT2D eigenvalue weighted by Gasteiger charge is -2.28. The zero-order chi connectivity index (χ0) is 23.3. The molecular weight excluding hydrogens is 428 g/mol. The van der Waals surface area contributed by atoms with Gasteiger partial charge in [-0.2, -0.15) is 4.98 Å². The van der Waals surface area contributed by atoms with Crippen molar-refractivity contribution in [2.75, 3.05) is 31.1 Å². The molecule has 180 valence electrons. The van der Waals surface area contributed by atoms with Crippen LogP contribution >= 0.6 is 0 Å². The summed E-state index contributed by atoms with van der Waals surface area (Å²) in [5.74, 6) is 1.64. The fourth-order valence-electron chi connectivity index (χ4n) is 5.08. The molecular formula is C26H34N6O2. The molecule has 3 heterocycles. The summed E-state index contributed by atoms with van der Waals surface area (Å²) in [5, 5.41) is 8.50.